The monoisotopic (exact) mass is 421 g/mol. The van der Waals surface area contributed by atoms with Crippen molar-refractivity contribution in [1.82, 2.24) is 5.32 Å². The molecule has 0 bridgehead atoms. The Morgan fingerprint density at radius 1 is 1.34 bits per heavy atom. The van der Waals surface area contributed by atoms with Crippen LogP contribution >= 0.6 is 0 Å². The Morgan fingerprint density at radius 3 is 2.48 bits per heavy atom. The van der Waals surface area contributed by atoms with Gasteiger partial charge in [-0.2, -0.15) is 0 Å². The maximum Gasteiger partial charge on any atom is 1.00 e. The van der Waals surface area contributed by atoms with Crippen molar-refractivity contribution in [3.63, 3.8) is 0 Å². The summed E-state index contributed by atoms with van der Waals surface area (Å²) in [5.74, 6) is -4.81. The van der Waals surface area contributed by atoms with Gasteiger partial charge in [0.05, 0.1) is 25.4 Å². The van der Waals surface area contributed by atoms with E-state index in [0.717, 1.165) is 6.92 Å². The first-order valence-corrected chi connectivity index (χ1v) is 8.69. The third-order valence-corrected chi connectivity index (χ3v) is 4.49. The third-order valence-electron chi connectivity index (χ3n) is 4.49. The first-order valence-electron chi connectivity index (χ1n) is 8.69. The van der Waals surface area contributed by atoms with Crippen molar-refractivity contribution in [2.75, 3.05) is 6.61 Å². The largest absolute Gasteiger partial charge is 1.00 e. The Hall–Kier alpha value is -1.08. The van der Waals surface area contributed by atoms with Crippen LogP contribution in [0.15, 0.2) is 30.3 Å². The summed E-state index contributed by atoms with van der Waals surface area (Å²) in [7, 11) is 0. The standard InChI is InChI=1S/C18H25NO9.Na/c1-10(21)19-14-12(22)7-18(17(25)26,27-9-11-5-3-2-4-6-11)28-16(14)15(24)13(23)8-20;/h2-6,12-16,20,22-24H,7-9H2,1H3,(H,19,21)(H,25,26);/q;+1/p-1/t12-,13+,14+,15-,16+,18+;/m0./s1. The van der Waals surface area contributed by atoms with E-state index in [-0.39, 0.29) is 36.2 Å². The Kier molecular flexibility index (Phi) is 10.2. The third kappa shape index (κ3) is 6.45. The number of carboxylic acids is 1. The molecule has 0 unspecified atom stereocenters. The molecule has 5 N–H and O–H groups in total. The Labute approximate surface area is 189 Å². The van der Waals surface area contributed by atoms with Crippen molar-refractivity contribution in [3.05, 3.63) is 35.9 Å². The molecule has 1 saturated heterocycles. The fraction of sp³-hybridized carbons (Fsp3) is 0.556. The number of carbonyl (C=O) groups is 2. The molecule has 11 heteroatoms. The summed E-state index contributed by atoms with van der Waals surface area (Å²) in [6, 6.07) is 7.32. The van der Waals surface area contributed by atoms with Gasteiger partial charge in [-0.25, -0.2) is 0 Å². The Morgan fingerprint density at radius 2 is 1.97 bits per heavy atom. The molecule has 10 nitrogen and oxygen atoms in total. The number of rotatable bonds is 8. The summed E-state index contributed by atoms with van der Waals surface area (Å²) in [5.41, 5.74) is 0.623. The Bertz CT molecular complexity index is 677. The van der Waals surface area contributed by atoms with Crippen LogP contribution in [0.5, 0.6) is 0 Å². The number of aliphatic hydroxyl groups excluding tert-OH is 4. The van der Waals surface area contributed by atoms with Gasteiger partial charge in [0.15, 0.2) is 0 Å². The first kappa shape index (κ1) is 26.0. The predicted molar refractivity (Wildman–Crippen MR) is 91.2 cm³/mol. The van der Waals surface area contributed by atoms with E-state index in [0.29, 0.717) is 5.56 Å². The van der Waals surface area contributed by atoms with Gasteiger partial charge in [0.2, 0.25) is 11.7 Å². The minimum absolute atomic E-state index is 0. The molecule has 2 rings (SSSR count). The zero-order chi connectivity index (χ0) is 20.9. The fourth-order valence-corrected chi connectivity index (χ4v) is 3.04. The second-order valence-corrected chi connectivity index (χ2v) is 6.64. The van der Waals surface area contributed by atoms with E-state index in [4.69, 9.17) is 14.6 Å². The van der Waals surface area contributed by atoms with Crippen LogP contribution in [0.4, 0.5) is 0 Å². The molecular weight excluding hydrogens is 397 g/mol. The van der Waals surface area contributed by atoms with Gasteiger partial charge >= 0.3 is 29.6 Å². The average molecular weight is 421 g/mol. The number of carbonyl (C=O) groups excluding carboxylic acids is 2. The van der Waals surface area contributed by atoms with E-state index in [1.807, 2.05) is 0 Å². The van der Waals surface area contributed by atoms with Crippen LogP contribution in [-0.4, -0.2) is 75.2 Å². The van der Waals surface area contributed by atoms with Gasteiger partial charge in [-0.15, -0.1) is 0 Å². The molecule has 1 aromatic carbocycles. The van der Waals surface area contributed by atoms with Crippen molar-refractivity contribution in [2.45, 2.75) is 56.2 Å². The number of hydrogen-bond acceptors (Lipinski definition) is 9. The van der Waals surface area contributed by atoms with Crippen LogP contribution in [0, 0.1) is 0 Å². The maximum atomic E-state index is 11.8. The number of aliphatic hydroxyl groups is 4. The summed E-state index contributed by atoms with van der Waals surface area (Å²) >= 11 is 0. The number of benzene rings is 1. The summed E-state index contributed by atoms with van der Waals surface area (Å²) < 4.78 is 10.9. The molecule has 0 radical (unpaired) electrons. The van der Waals surface area contributed by atoms with Crippen molar-refractivity contribution >= 4 is 11.9 Å². The zero-order valence-corrected chi connectivity index (χ0v) is 18.2. The number of aliphatic carboxylic acids is 1. The van der Waals surface area contributed by atoms with E-state index >= 15 is 0 Å². The molecule has 1 fully saturated rings. The van der Waals surface area contributed by atoms with Crippen LogP contribution in [0.3, 0.4) is 0 Å². The molecule has 1 aliphatic heterocycles. The number of ether oxygens (including phenoxy) is 2. The second-order valence-electron chi connectivity index (χ2n) is 6.64. The molecule has 156 valence electrons. The first-order chi connectivity index (χ1) is 13.2. The molecule has 29 heavy (non-hydrogen) atoms. The summed E-state index contributed by atoms with van der Waals surface area (Å²) in [5, 5.41) is 53.8. The summed E-state index contributed by atoms with van der Waals surface area (Å²) in [4.78, 5) is 23.3. The summed E-state index contributed by atoms with van der Waals surface area (Å²) in [6.45, 7) is 0.107. The molecule has 1 heterocycles. The van der Waals surface area contributed by atoms with Crippen LogP contribution in [0.25, 0.3) is 0 Å². The average Bonchev–Trinajstić information content (AvgIpc) is 2.67. The number of nitrogens with one attached hydrogen (secondary N) is 1. The summed E-state index contributed by atoms with van der Waals surface area (Å²) in [6.07, 6.45) is -7.22. The quantitative estimate of drug-likeness (QED) is 0.257. The van der Waals surface area contributed by atoms with Gasteiger partial charge in [0.25, 0.3) is 0 Å². The maximum absolute atomic E-state index is 11.8. The number of carboxylic acid groups (broad SMARTS) is 1. The fourth-order valence-electron chi connectivity index (χ4n) is 3.04. The van der Waals surface area contributed by atoms with Gasteiger partial charge in [-0.1, -0.05) is 30.3 Å². The van der Waals surface area contributed by atoms with Gasteiger partial charge in [0.1, 0.15) is 24.3 Å². The van der Waals surface area contributed by atoms with Crippen molar-refractivity contribution in [1.29, 1.82) is 0 Å². The van der Waals surface area contributed by atoms with E-state index in [9.17, 15) is 30.0 Å². The smallest absolute Gasteiger partial charge is 0.544 e. The molecule has 0 aromatic heterocycles. The van der Waals surface area contributed by atoms with Gasteiger partial charge in [-0.05, 0) is 5.56 Å². The van der Waals surface area contributed by atoms with Crippen LogP contribution < -0.4 is 40.0 Å². The molecule has 1 aliphatic rings. The number of hydrogen-bond donors (Lipinski definition) is 5. The van der Waals surface area contributed by atoms with Gasteiger partial charge in [-0.3, -0.25) is 4.79 Å². The minimum atomic E-state index is -2.44. The zero-order valence-electron chi connectivity index (χ0n) is 16.2. The molecule has 0 aliphatic carbocycles. The van der Waals surface area contributed by atoms with E-state index < -0.39 is 61.1 Å². The second kappa shape index (κ2) is 11.3. The molecule has 1 aromatic rings. The van der Waals surface area contributed by atoms with Crippen molar-refractivity contribution in [2.24, 2.45) is 0 Å². The molecule has 6 atom stereocenters. The predicted octanol–water partition coefficient (Wildman–Crippen LogP) is -5.98. The van der Waals surface area contributed by atoms with Crippen molar-refractivity contribution in [3.8, 4) is 0 Å². The molecular formula is C18H24NNaO9. The Balaban J connectivity index is 0.00000420. The minimum Gasteiger partial charge on any atom is -0.544 e. The molecule has 0 saturated carbocycles. The topological polar surface area (TPSA) is 169 Å². The van der Waals surface area contributed by atoms with E-state index in [2.05, 4.69) is 5.32 Å². The van der Waals surface area contributed by atoms with Crippen LogP contribution in [-0.2, 0) is 25.7 Å². The van der Waals surface area contributed by atoms with Gasteiger partial charge < -0.3 is 45.1 Å². The van der Waals surface area contributed by atoms with Crippen molar-refractivity contribution < 1.29 is 74.2 Å². The number of amides is 1. The SMILES string of the molecule is CC(=O)N[C@H]1[C@H]([C@@H](O)[C@H](O)CO)O[C@@](OCc2ccccc2)(C(=O)[O-])C[C@@H]1O.[Na+]. The molecule has 1 amide bonds. The molecule has 0 spiro atoms. The van der Waals surface area contributed by atoms with E-state index in [1.165, 1.54) is 0 Å². The van der Waals surface area contributed by atoms with E-state index in [1.54, 1.807) is 30.3 Å². The van der Waals surface area contributed by atoms with Crippen LogP contribution in [0.1, 0.15) is 18.9 Å². The normalized spacial score (nSPS) is 28.7. The van der Waals surface area contributed by atoms with Crippen LogP contribution in [0.2, 0.25) is 0 Å². The van der Waals surface area contributed by atoms with Gasteiger partial charge in [0, 0.05) is 13.3 Å².